The quantitative estimate of drug-likeness (QED) is 0.612. The summed E-state index contributed by atoms with van der Waals surface area (Å²) in [5, 5.41) is 12.8. The van der Waals surface area contributed by atoms with Gasteiger partial charge in [-0.1, -0.05) is 25.3 Å². The smallest absolute Gasteiger partial charge is 0.416 e. The Morgan fingerprint density at radius 2 is 1.79 bits per heavy atom. The largest absolute Gasteiger partial charge is 0.494 e. The van der Waals surface area contributed by atoms with E-state index < -0.39 is 76.6 Å². The van der Waals surface area contributed by atoms with Crippen molar-refractivity contribution in [3.63, 3.8) is 0 Å². The highest BCUT2D eigenvalue weighted by Gasteiger charge is 2.35. The Labute approximate surface area is 190 Å². The maximum Gasteiger partial charge on any atom is 0.416 e. The number of ketones is 1. The molecule has 8 nitrogen and oxygen atoms in total. The number of benzene rings is 1. The molecule has 0 radical (unpaired) electrons. The zero-order valence-corrected chi connectivity index (χ0v) is 18.2. The van der Waals surface area contributed by atoms with Crippen molar-refractivity contribution in [2.45, 2.75) is 57.8 Å². The number of aromatic hydroxyl groups is 1. The minimum atomic E-state index is -4.96. The van der Waals surface area contributed by atoms with Crippen LogP contribution in [0.15, 0.2) is 27.8 Å². The van der Waals surface area contributed by atoms with Crippen LogP contribution in [0.25, 0.3) is 0 Å². The lowest BCUT2D eigenvalue weighted by atomic mass is 9.95. The summed E-state index contributed by atoms with van der Waals surface area (Å²) >= 11 is 0. The van der Waals surface area contributed by atoms with Crippen LogP contribution in [-0.2, 0) is 17.5 Å². The molecular weight excluding hydrogens is 462 g/mol. The molecule has 12 heteroatoms. The minimum Gasteiger partial charge on any atom is -0.494 e. The molecule has 1 saturated carbocycles. The van der Waals surface area contributed by atoms with Gasteiger partial charge in [0.25, 0.3) is 11.5 Å². The van der Waals surface area contributed by atoms with Gasteiger partial charge in [0.2, 0.25) is 5.88 Å². The Bertz CT molecular complexity index is 1230. The van der Waals surface area contributed by atoms with Gasteiger partial charge >= 0.3 is 11.9 Å². The van der Waals surface area contributed by atoms with Crippen molar-refractivity contribution in [2.75, 3.05) is 6.54 Å². The molecule has 1 aromatic carbocycles. The standard InChI is InChI=1S/C22H23F4N3O5/c1-12(30)10-27-18(31)17-19(32)28(11-13-7-8-14(23)9-16(13)22(24,25)26)21(34)29(20(17)33)15-5-3-2-4-6-15/h7-9,15,32H,2-6,10-11H2,1H3,(H,27,31). The maximum absolute atomic E-state index is 13.5. The molecule has 0 aliphatic heterocycles. The SMILES string of the molecule is CC(=O)CNC(=O)c1c(O)n(Cc2ccc(F)cc2C(F)(F)F)c(=O)n(C2CCCCC2)c1=O. The zero-order valence-electron chi connectivity index (χ0n) is 18.2. The van der Waals surface area contributed by atoms with E-state index in [1.54, 1.807) is 0 Å². The molecule has 2 aromatic rings. The van der Waals surface area contributed by atoms with Gasteiger partial charge in [-0.05, 0) is 37.5 Å². The van der Waals surface area contributed by atoms with Crippen LogP contribution in [0.1, 0.15) is 66.6 Å². The Morgan fingerprint density at radius 1 is 1.15 bits per heavy atom. The molecule has 0 unspecified atom stereocenters. The molecule has 1 aliphatic rings. The van der Waals surface area contributed by atoms with Gasteiger partial charge in [-0.2, -0.15) is 13.2 Å². The molecule has 1 amide bonds. The van der Waals surface area contributed by atoms with E-state index >= 15 is 0 Å². The van der Waals surface area contributed by atoms with E-state index in [0.717, 1.165) is 23.1 Å². The molecule has 184 valence electrons. The molecule has 0 bridgehead atoms. The molecule has 34 heavy (non-hydrogen) atoms. The number of carbonyl (C=O) groups excluding carboxylic acids is 2. The average Bonchev–Trinajstić information content (AvgIpc) is 2.76. The van der Waals surface area contributed by atoms with E-state index in [9.17, 15) is 41.8 Å². The Hall–Kier alpha value is -3.44. The fourth-order valence-electron chi connectivity index (χ4n) is 4.07. The lowest BCUT2D eigenvalue weighted by Gasteiger charge is -2.25. The van der Waals surface area contributed by atoms with E-state index in [1.165, 1.54) is 6.92 Å². The summed E-state index contributed by atoms with van der Waals surface area (Å²) in [4.78, 5) is 50.2. The van der Waals surface area contributed by atoms with Crippen LogP contribution in [0, 0.1) is 5.82 Å². The number of aromatic nitrogens is 2. The van der Waals surface area contributed by atoms with E-state index in [2.05, 4.69) is 5.32 Å². The molecule has 1 heterocycles. The predicted molar refractivity (Wildman–Crippen MR) is 112 cm³/mol. The van der Waals surface area contributed by atoms with E-state index in [-0.39, 0.29) is 6.07 Å². The highest BCUT2D eigenvalue weighted by atomic mass is 19.4. The van der Waals surface area contributed by atoms with Crippen molar-refractivity contribution < 1.29 is 32.3 Å². The van der Waals surface area contributed by atoms with E-state index in [4.69, 9.17) is 0 Å². The van der Waals surface area contributed by atoms with Crippen molar-refractivity contribution in [3.8, 4) is 5.88 Å². The molecule has 3 rings (SSSR count). The second-order valence-corrected chi connectivity index (χ2v) is 8.22. The number of nitrogens with one attached hydrogen (secondary N) is 1. The summed E-state index contributed by atoms with van der Waals surface area (Å²) in [6.45, 7) is -0.162. The van der Waals surface area contributed by atoms with E-state index in [1.807, 2.05) is 0 Å². The van der Waals surface area contributed by atoms with Crippen molar-refractivity contribution in [3.05, 3.63) is 61.5 Å². The number of hydrogen-bond acceptors (Lipinski definition) is 5. The first-order valence-corrected chi connectivity index (χ1v) is 10.6. The molecule has 1 aromatic heterocycles. The van der Waals surface area contributed by atoms with Crippen LogP contribution in [-0.4, -0.2) is 32.5 Å². The number of nitrogens with zero attached hydrogens (tertiary/aromatic N) is 2. The Kier molecular flexibility index (Phi) is 7.27. The fraction of sp³-hybridized carbons (Fsp3) is 0.455. The highest BCUT2D eigenvalue weighted by molar-refractivity contribution is 5.97. The number of rotatable bonds is 6. The lowest BCUT2D eigenvalue weighted by molar-refractivity contribution is -0.138. The van der Waals surface area contributed by atoms with Crippen LogP contribution in [0.4, 0.5) is 17.6 Å². The third-order valence-electron chi connectivity index (χ3n) is 5.72. The lowest BCUT2D eigenvalue weighted by Crippen LogP contribution is -2.47. The van der Waals surface area contributed by atoms with Crippen LogP contribution in [0.3, 0.4) is 0 Å². The Balaban J connectivity index is 2.22. The Morgan fingerprint density at radius 3 is 2.38 bits per heavy atom. The van der Waals surface area contributed by atoms with Crippen LogP contribution < -0.4 is 16.6 Å². The number of Topliss-reactive ketones (excluding diaryl/α,β-unsaturated/α-hetero) is 1. The van der Waals surface area contributed by atoms with Gasteiger partial charge in [0.1, 0.15) is 11.6 Å². The van der Waals surface area contributed by atoms with E-state index in [0.29, 0.717) is 30.3 Å². The van der Waals surface area contributed by atoms with Gasteiger partial charge in [0, 0.05) is 6.04 Å². The number of alkyl halides is 3. The van der Waals surface area contributed by atoms with Crippen molar-refractivity contribution in [1.29, 1.82) is 0 Å². The van der Waals surface area contributed by atoms with Crippen LogP contribution >= 0.6 is 0 Å². The zero-order chi connectivity index (χ0) is 25.2. The second-order valence-electron chi connectivity index (χ2n) is 8.22. The summed E-state index contributed by atoms with van der Waals surface area (Å²) in [5.41, 5.74) is -4.95. The monoisotopic (exact) mass is 485 g/mol. The highest BCUT2D eigenvalue weighted by Crippen LogP contribution is 2.33. The summed E-state index contributed by atoms with van der Waals surface area (Å²) < 4.78 is 55.2. The van der Waals surface area contributed by atoms with Crippen molar-refractivity contribution in [2.24, 2.45) is 0 Å². The van der Waals surface area contributed by atoms with Gasteiger partial charge in [-0.3, -0.25) is 23.5 Å². The van der Waals surface area contributed by atoms with Gasteiger partial charge in [0.15, 0.2) is 5.56 Å². The number of carbonyl (C=O) groups is 2. The molecule has 1 fully saturated rings. The van der Waals surface area contributed by atoms with Crippen molar-refractivity contribution in [1.82, 2.24) is 14.5 Å². The average molecular weight is 485 g/mol. The van der Waals surface area contributed by atoms with Gasteiger partial charge in [0.05, 0.1) is 18.7 Å². The summed E-state index contributed by atoms with van der Waals surface area (Å²) in [6, 6.07) is 1.23. The number of hydrogen-bond donors (Lipinski definition) is 2. The maximum atomic E-state index is 13.5. The minimum absolute atomic E-state index is 0.259. The first kappa shape index (κ1) is 25.2. The first-order chi connectivity index (χ1) is 15.9. The molecule has 0 saturated heterocycles. The molecule has 0 atom stereocenters. The molecule has 2 N–H and O–H groups in total. The summed E-state index contributed by atoms with van der Waals surface area (Å²) in [6.07, 6.45) is -1.85. The van der Waals surface area contributed by atoms with Gasteiger partial charge < -0.3 is 10.4 Å². The van der Waals surface area contributed by atoms with Gasteiger partial charge in [-0.15, -0.1) is 0 Å². The third-order valence-corrected chi connectivity index (χ3v) is 5.72. The number of halogens is 4. The topological polar surface area (TPSA) is 110 Å². The normalized spacial score (nSPS) is 14.7. The van der Waals surface area contributed by atoms with Gasteiger partial charge in [-0.25, -0.2) is 9.18 Å². The van der Waals surface area contributed by atoms with Crippen LogP contribution in [0.5, 0.6) is 5.88 Å². The fourth-order valence-corrected chi connectivity index (χ4v) is 4.07. The second kappa shape index (κ2) is 9.82. The van der Waals surface area contributed by atoms with Crippen molar-refractivity contribution >= 4 is 11.7 Å². The van der Waals surface area contributed by atoms with Crippen LogP contribution in [0.2, 0.25) is 0 Å². The molecule has 1 aliphatic carbocycles. The molecule has 0 spiro atoms. The summed E-state index contributed by atoms with van der Waals surface area (Å²) in [7, 11) is 0. The first-order valence-electron chi connectivity index (χ1n) is 10.6. The predicted octanol–water partition coefficient (Wildman–Crippen LogP) is 2.75. The molecular formula is C22H23F4N3O5. The number of amides is 1. The summed E-state index contributed by atoms with van der Waals surface area (Å²) in [5.74, 6) is -3.88. The third kappa shape index (κ3) is 5.20.